The van der Waals surface area contributed by atoms with E-state index in [9.17, 15) is 18.3 Å². The molecule has 0 radical (unpaired) electrons. The minimum atomic E-state index is -4.46. The second kappa shape index (κ2) is 8.00. The Labute approximate surface area is 194 Å². The molecule has 1 fully saturated rings. The van der Waals surface area contributed by atoms with Gasteiger partial charge in [-0.3, -0.25) is 9.30 Å². The molecule has 4 aromatic rings. The van der Waals surface area contributed by atoms with E-state index in [1.807, 2.05) is 18.2 Å². The van der Waals surface area contributed by atoms with Crippen LogP contribution in [0.25, 0.3) is 28.1 Å². The van der Waals surface area contributed by atoms with Crippen molar-refractivity contribution < 1.29 is 18.3 Å². The molecule has 0 saturated carbocycles. The van der Waals surface area contributed by atoms with Crippen molar-refractivity contribution in [3.05, 3.63) is 59.8 Å². The van der Waals surface area contributed by atoms with Gasteiger partial charge in [0.1, 0.15) is 11.7 Å². The number of alkyl halides is 3. The normalized spacial score (nSPS) is 18.7. The van der Waals surface area contributed by atoms with E-state index >= 15 is 0 Å². The van der Waals surface area contributed by atoms with Crippen LogP contribution in [-0.2, 0) is 5.60 Å². The van der Waals surface area contributed by atoms with Crippen molar-refractivity contribution in [3.8, 4) is 11.5 Å². The average molecular weight is 470 g/mol. The number of benzene rings is 1. The summed E-state index contributed by atoms with van der Waals surface area (Å²) >= 11 is 0. The molecule has 10 heteroatoms. The molecule has 4 heterocycles. The molecule has 1 aliphatic heterocycles. The predicted molar refractivity (Wildman–Crippen MR) is 122 cm³/mol. The van der Waals surface area contributed by atoms with E-state index in [2.05, 4.69) is 10.2 Å². The highest BCUT2D eigenvalue weighted by molar-refractivity contribution is 5.84. The fourth-order valence-corrected chi connectivity index (χ4v) is 4.67. The summed E-state index contributed by atoms with van der Waals surface area (Å²) in [7, 11) is 0. The van der Waals surface area contributed by atoms with Gasteiger partial charge in [0, 0.05) is 36.3 Å². The molecule has 7 nitrogen and oxygen atoms in total. The fourth-order valence-electron chi connectivity index (χ4n) is 4.67. The molecule has 0 amide bonds. The Kier molecular flexibility index (Phi) is 5.34. The number of fused-ring (bicyclic) bond motifs is 2. The third-order valence-electron chi connectivity index (χ3n) is 6.28. The summed E-state index contributed by atoms with van der Waals surface area (Å²) in [5.74, 6) is 0.323. The summed E-state index contributed by atoms with van der Waals surface area (Å²) in [6.45, 7) is 3.82. The maximum absolute atomic E-state index is 14.1. The summed E-state index contributed by atoms with van der Waals surface area (Å²) in [6, 6.07) is 10.1. The van der Waals surface area contributed by atoms with E-state index in [1.54, 1.807) is 26.0 Å². The topological polar surface area (TPSA) is 92.6 Å². The van der Waals surface area contributed by atoms with Crippen molar-refractivity contribution in [2.75, 3.05) is 13.1 Å². The third kappa shape index (κ3) is 4.02. The van der Waals surface area contributed by atoms with Crippen molar-refractivity contribution in [2.45, 2.75) is 44.1 Å². The first kappa shape index (κ1) is 22.7. The largest absolute Gasteiger partial charge is 0.408 e. The van der Waals surface area contributed by atoms with Gasteiger partial charge in [0.15, 0.2) is 11.5 Å². The lowest BCUT2D eigenvalue weighted by atomic mass is 9.95. The first-order chi connectivity index (χ1) is 16.0. The number of aromatic nitrogens is 4. The maximum atomic E-state index is 14.1. The van der Waals surface area contributed by atoms with Gasteiger partial charge < -0.3 is 10.8 Å². The van der Waals surface area contributed by atoms with Gasteiger partial charge in [-0.15, -0.1) is 10.2 Å². The van der Waals surface area contributed by atoms with Crippen LogP contribution >= 0.6 is 0 Å². The number of aliphatic hydroxyl groups is 1. The lowest BCUT2D eigenvalue weighted by Gasteiger charge is -2.30. The molecule has 1 aliphatic rings. The first-order valence-electron chi connectivity index (χ1n) is 11.1. The van der Waals surface area contributed by atoms with Crippen molar-refractivity contribution >= 4 is 16.6 Å². The molecule has 0 spiro atoms. The molecule has 178 valence electrons. The summed E-state index contributed by atoms with van der Waals surface area (Å²) < 4.78 is 43.9. The number of likely N-dealkylation sites (tertiary alicyclic amines) is 1. The minimum Gasteiger partial charge on any atom is -0.386 e. The van der Waals surface area contributed by atoms with Gasteiger partial charge in [0.2, 0.25) is 0 Å². The van der Waals surface area contributed by atoms with Gasteiger partial charge in [-0.1, -0.05) is 30.3 Å². The van der Waals surface area contributed by atoms with Gasteiger partial charge in [-0.2, -0.15) is 13.2 Å². The third-order valence-corrected chi connectivity index (χ3v) is 6.28. The molecule has 1 saturated heterocycles. The molecule has 2 atom stereocenters. The standard InChI is InChI=1S/C24H25F3N6O/c1-23(2,34)17-5-3-4-14-6-8-18(29-20(14)17)22-31-30-19-9-7-15(12-33(19)22)21(24(25,26)27)32-11-10-16(28)13-32/h3-9,12,16,21,34H,10-11,13,28H2,1-2H3/t16-,21+/m0/s1. The fraction of sp³-hybridized carbons (Fsp3) is 0.375. The minimum absolute atomic E-state index is 0.0909. The zero-order valence-electron chi connectivity index (χ0n) is 18.8. The molecular formula is C24H25F3N6O. The Hall–Kier alpha value is -3.08. The van der Waals surface area contributed by atoms with Crippen molar-refractivity contribution in [1.82, 2.24) is 24.5 Å². The molecule has 0 bridgehead atoms. The van der Waals surface area contributed by atoms with E-state index in [0.717, 1.165) is 5.39 Å². The first-order valence-corrected chi connectivity index (χ1v) is 11.1. The second-order valence-electron chi connectivity index (χ2n) is 9.33. The number of hydrogen-bond acceptors (Lipinski definition) is 6. The monoisotopic (exact) mass is 470 g/mol. The number of halogens is 3. The Morgan fingerprint density at radius 3 is 2.56 bits per heavy atom. The van der Waals surface area contributed by atoms with Gasteiger partial charge >= 0.3 is 6.18 Å². The van der Waals surface area contributed by atoms with Gasteiger partial charge in [-0.05, 0) is 38.0 Å². The quantitative estimate of drug-likeness (QED) is 0.471. The number of hydrogen-bond donors (Lipinski definition) is 2. The molecule has 34 heavy (non-hydrogen) atoms. The van der Waals surface area contributed by atoms with Crippen LogP contribution in [-0.4, -0.2) is 54.9 Å². The van der Waals surface area contributed by atoms with E-state index in [-0.39, 0.29) is 24.7 Å². The summed E-state index contributed by atoms with van der Waals surface area (Å²) in [6.07, 6.45) is -2.51. The summed E-state index contributed by atoms with van der Waals surface area (Å²) in [5, 5.41) is 19.8. The van der Waals surface area contributed by atoms with Crippen LogP contribution in [0.5, 0.6) is 0 Å². The average Bonchev–Trinajstić information content (AvgIpc) is 3.37. The van der Waals surface area contributed by atoms with E-state index in [4.69, 9.17) is 10.7 Å². The zero-order chi connectivity index (χ0) is 24.3. The van der Waals surface area contributed by atoms with E-state index in [1.165, 1.54) is 27.6 Å². The highest BCUT2D eigenvalue weighted by Crippen LogP contribution is 2.39. The van der Waals surface area contributed by atoms with Gasteiger partial charge in [-0.25, -0.2) is 4.98 Å². The number of para-hydroxylation sites is 1. The molecule has 5 rings (SSSR count). The smallest absolute Gasteiger partial charge is 0.386 e. The molecule has 0 aliphatic carbocycles. The Morgan fingerprint density at radius 2 is 1.88 bits per heavy atom. The lowest BCUT2D eigenvalue weighted by Crippen LogP contribution is -2.38. The number of nitrogens with zero attached hydrogens (tertiary/aromatic N) is 5. The Morgan fingerprint density at radius 1 is 1.09 bits per heavy atom. The van der Waals surface area contributed by atoms with Crippen molar-refractivity contribution in [2.24, 2.45) is 5.73 Å². The van der Waals surface area contributed by atoms with Gasteiger partial charge in [0.25, 0.3) is 0 Å². The molecule has 0 unspecified atom stereocenters. The van der Waals surface area contributed by atoms with Crippen molar-refractivity contribution in [1.29, 1.82) is 0 Å². The highest BCUT2D eigenvalue weighted by Gasteiger charge is 2.46. The van der Waals surface area contributed by atoms with E-state index < -0.39 is 17.8 Å². The summed E-state index contributed by atoms with van der Waals surface area (Å²) in [4.78, 5) is 6.09. The number of rotatable bonds is 4. The second-order valence-corrected chi connectivity index (χ2v) is 9.33. The van der Waals surface area contributed by atoms with Crippen molar-refractivity contribution in [3.63, 3.8) is 0 Å². The van der Waals surface area contributed by atoms with Crippen LogP contribution in [0.2, 0.25) is 0 Å². The van der Waals surface area contributed by atoms with Crippen LogP contribution in [0.1, 0.15) is 37.4 Å². The zero-order valence-corrected chi connectivity index (χ0v) is 18.8. The Bertz CT molecular complexity index is 1360. The molecular weight excluding hydrogens is 445 g/mol. The van der Waals surface area contributed by atoms with Crippen LogP contribution in [0.3, 0.4) is 0 Å². The van der Waals surface area contributed by atoms with Gasteiger partial charge in [0.05, 0.1) is 11.1 Å². The Balaban J connectivity index is 1.63. The molecule has 1 aromatic carbocycles. The summed E-state index contributed by atoms with van der Waals surface area (Å²) in [5.41, 5.74) is 6.95. The molecule has 3 aromatic heterocycles. The van der Waals surface area contributed by atoms with Crippen LogP contribution < -0.4 is 5.73 Å². The number of pyridine rings is 2. The van der Waals surface area contributed by atoms with Crippen LogP contribution in [0.4, 0.5) is 13.2 Å². The highest BCUT2D eigenvalue weighted by atomic mass is 19.4. The van der Waals surface area contributed by atoms with Crippen LogP contribution in [0, 0.1) is 0 Å². The number of nitrogens with two attached hydrogens (primary N) is 1. The van der Waals surface area contributed by atoms with Crippen LogP contribution in [0.15, 0.2) is 48.7 Å². The molecule has 3 N–H and O–H groups in total. The maximum Gasteiger partial charge on any atom is 0.408 e. The SMILES string of the molecule is CC(C)(O)c1cccc2ccc(-c3nnc4ccc([C@@H](N5CC[C@H](N)C5)C(F)(F)F)cn34)nc12. The predicted octanol–water partition coefficient (Wildman–Crippen LogP) is 3.81. The van der Waals surface area contributed by atoms with E-state index in [0.29, 0.717) is 34.7 Å². The lowest BCUT2D eigenvalue weighted by molar-refractivity contribution is -0.183.